The fraction of sp³-hybridized carbons (Fsp3) is 0.318. The Balaban J connectivity index is 0.000000701. The van der Waals surface area contributed by atoms with Crippen LogP contribution in [0.4, 0.5) is 0 Å². The molecule has 0 saturated heterocycles. The summed E-state index contributed by atoms with van der Waals surface area (Å²) in [7, 11) is 0. The van der Waals surface area contributed by atoms with Crippen LogP contribution in [0.1, 0.15) is 34.1 Å². The maximum atomic E-state index is 5.66. The molecule has 2 aromatic carbocycles. The zero-order valence-corrected chi connectivity index (χ0v) is 15.6. The number of hydrogen-bond acceptors (Lipinski definition) is 3. The zero-order chi connectivity index (χ0) is 18.1. The van der Waals surface area contributed by atoms with Crippen molar-refractivity contribution in [1.29, 1.82) is 0 Å². The van der Waals surface area contributed by atoms with E-state index in [0.717, 1.165) is 28.1 Å². The van der Waals surface area contributed by atoms with Gasteiger partial charge in [0.05, 0.1) is 18.9 Å². The second-order valence-electron chi connectivity index (χ2n) is 5.65. The van der Waals surface area contributed by atoms with E-state index < -0.39 is 0 Å². The van der Waals surface area contributed by atoms with Crippen molar-refractivity contribution in [1.82, 2.24) is 4.98 Å². The first-order valence-corrected chi connectivity index (χ1v) is 8.98. The van der Waals surface area contributed by atoms with Crippen LogP contribution in [0.2, 0.25) is 0 Å². The molecule has 3 rings (SSSR count). The first-order chi connectivity index (χ1) is 12.2. The molecule has 0 aliphatic heterocycles. The van der Waals surface area contributed by atoms with E-state index in [1.807, 2.05) is 56.4 Å². The Labute approximate surface area is 150 Å². The Morgan fingerprint density at radius 2 is 1.40 bits per heavy atom. The van der Waals surface area contributed by atoms with Crippen molar-refractivity contribution in [3.8, 4) is 22.8 Å². The standard InChI is InChI=1S/C19H19NO2.C3H8/c1-3-21-16-11-15(12-17(13-16)22-4-2)19-18-8-6-5-7-14(18)9-10-20-19;1-3-2/h5-13H,3-4H2,1-2H3;3H2,1-2H3. The van der Waals surface area contributed by atoms with Gasteiger partial charge in [-0.05, 0) is 37.4 Å². The first kappa shape index (κ1) is 18.8. The molecular formula is C22H27NO2. The van der Waals surface area contributed by atoms with Crippen LogP contribution in [-0.4, -0.2) is 18.2 Å². The second-order valence-corrected chi connectivity index (χ2v) is 5.65. The lowest BCUT2D eigenvalue weighted by Gasteiger charge is -2.12. The van der Waals surface area contributed by atoms with E-state index in [1.165, 1.54) is 11.8 Å². The van der Waals surface area contributed by atoms with Gasteiger partial charge in [0.15, 0.2) is 0 Å². The Hall–Kier alpha value is -2.55. The van der Waals surface area contributed by atoms with Crippen molar-refractivity contribution in [2.24, 2.45) is 0 Å². The van der Waals surface area contributed by atoms with Gasteiger partial charge >= 0.3 is 0 Å². The molecule has 0 amide bonds. The number of rotatable bonds is 5. The summed E-state index contributed by atoms with van der Waals surface area (Å²) < 4.78 is 11.3. The molecule has 0 N–H and O–H groups in total. The maximum absolute atomic E-state index is 5.66. The van der Waals surface area contributed by atoms with E-state index in [-0.39, 0.29) is 0 Å². The SMILES string of the molecule is CCC.CCOc1cc(OCC)cc(-c2nccc3ccccc23)c1. The third kappa shape index (κ3) is 4.96. The van der Waals surface area contributed by atoms with Crippen LogP contribution in [-0.2, 0) is 0 Å². The predicted molar refractivity (Wildman–Crippen MR) is 105 cm³/mol. The summed E-state index contributed by atoms with van der Waals surface area (Å²) in [5.74, 6) is 1.61. The molecule has 0 atom stereocenters. The van der Waals surface area contributed by atoms with Crippen LogP contribution in [0, 0.1) is 0 Å². The minimum absolute atomic E-state index is 0.623. The fourth-order valence-electron chi connectivity index (χ4n) is 2.56. The van der Waals surface area contributed by atoms with Crippen LogP contribution in [0.3, 0.4) is 0 Å². The Kier molecular flexibility index (Phi) is 7.27. The summed E-state index contributed by atoms with van der Waals surface area (Å²) in [4.78, 5) is 4.57. The van der Waals surface area contributed by atoms with Crippen LogP contribution >= 0.6 is 0 Å². The molecule has 25 heavy (non-hydrogen) atoms. The van der Waals surface area contributed by atoms with Crippen LogP contribution in [0.5, 0.6) is 11.5 Å². The lowest BCUT2D eigenvalue weighted by Crippen LogP contribution is -1.96. The maximum Gasteiger partial charge on any atom is 0.123 e. The van der Waals surface area contributed by atoms with Gasteiger partial charge in [0.2, 0.25) is 0 Å². The van der Waals surface area contributed by atoms with Gasteiger partial charge in [-0.15, -0.1) is 0 Å². The lowest BCUT2D eigenvalue weighted by atomic mass is 10.0. The molecule has 0 saturated carbocycles. The van der Waals surface area contributed by atoms with Crippen molar-refractivity contribution in [2.45, 2.75) is 34.1 Å². The number of hydrogen-bond donors (Lipinski definition) is 0. The molecular weight excluding hydrogens is 310 g/mol. The lowest BCUT2D eigenvalue weighted by molar-refractivity contribution is 0.323. The van der Waals surface area contributed by atoms with E-state index in [9.17, 15) is 0 Å². The molecule has 0 fully saturated rings. The van der Waals surface area contributed by atoms with Gasteiger partial charge in [0.25, 0.3) is 0 Å². The van der Waals surface area contributed by atoms with E-state index in [1.54, 1.807) is 0 Å². The van der Waals surface area contributed by atoms with Gasteiger partial charge in [-0.25, -0.2) is 0 Å². The average molecular weight is 337 g/mol. The third-order valence-electron chi connectivity index (χ3n) is 3.45. The molecule has 0 aliphatic rings. The van der Waals surface area contributed by atoms with Crippen molar-refractivity contribution in [2.75, 3.05) is 13.2 Å². The summed E-state index contributed by atoms with van der Waals surface area (Å²) in [5, 5.41) is 2.30. The highest BCUT2D eigenvalue weighted by Crippen LogP contribution is 2.32. The quantitative estimate of drug-likeness (QED) is 0.562. The van der Waals surface area contributed by atoms with Crippen molar-refractivity contribution >= 4 is 10.8 Å². The van der Waals surface area contributed by atoms with Gasteiger partial charge in [0, 0.05) is 23.2 Å². The molecule has 3 aromatic rings. The fourth-order valence-corrected chi connectivity index (χ4v) is 2.56. The number of pyridine rings is 1. The summed E-state index contributed by atoms with van der Waals surface area (Å²) in [6.45, 7) is 9.45. The zero-order valence-electron chi connectivity index (χ0n) is 15.6. The Bertz CT molecular complexity index is 769. The molecule has 3 heteroatoms. The number of fused-ring (bicyclic) bond motifs is 1. The predicted octanol–water partition coefficient (Wildman–Crippen LogP) is 6.12. The van der Waals surface area contributed by atoms with Crippen molar-refractivity contribution in [3.05, 3.63) is 54.7 Å². The molecule has 0 aliphatic carbocycles. The van der Waals surface area contributed by atoms with Gasteiger partial charge in [0.1, 0.15) is 11.5 Å². The number of ether oxygens (including phenoxy) is 2. The third-order valence-corrected chi connectivity index (χ3v) is 3.45. The summed E-state index contributed by atoms with van der Waals surface area (Å²) >= 11 is 0. The molecule has 0 spiro atoms. The number of benzene rings is 2. The highest BCUT2D eigenvalue weighted by molar-refractivity contribution is 5.94. The van der Waals surface area contributed by atoms with Crippen LogP contribution < -0.4 is 9.47 Å². The van der Waals surface area contributed by atoms with E-state index >= 15 is 0 Å². The molecule has 0 radical (unpaired) electrons. The van der Waals surface area contributed by atoms with E-state index in [0.29, 0.717) is 13.2 Å². The monoisotopic (exact) mass is 337 g/mol. The molecule has 1 aromatic heterocycles. The number of nitrogens with zero attached hydrogens (tertiary/aromatic N) is 1. The van der Waals surface area contributed by atoms with Crippen LogP contribution in [0.25, 0.3) is 22.0 Å². The van der Waals surface area contributed by atoms with Gasteiger partial charge in [-0.3, -0.25) is 4.98 Å². The molecule has 1 heterocycles. The largest absolute Gasteiger partial charge is 0.494 e. The van der Waals surface area contributed by atoms with Crippen LogP contribution in [0.15, 0.2) is 54.7 Å². The summed E-state index contributed by atoms with van der Waals surface area (Å²) in [5.41, 5.74) is 1.95. The molecule has 0 unspecified atom stereocenters. The Morgan fingerprint density at radius 1 is 0.800 bits per heavy atom. The van der Waals surface area contributed by atoms with E-state index in [4.69, 9.17) is 9.47 Å². The molecule has 132 valence electrons. The second kappa shape index (κ2) is 9.67. The first-order valence-electron chi connectivity index (χ1n) is 8.98. The van der Waals surface area contributed by atoms with Gasteiger partial charge < -0.3 is 9.47 Å². The number of aromatic nitrogens is 1. The summed E-state index contributed by atoms with van der Waals surface area (Å²) in [6, 6.07) is 16.2. The minimum atomic E-state index is 0.623. The topological polar surface area (TPSA) is 31.4 Å². The normalized spacial score (nSPS) is 10.1. The average Bonchev–Trinajstić information content (AvgIpc) is 2.62. The smallest absolute Gasteiger partial charge is 0.123 e. The highest BCUT2D eigenvalue weighted by Gasteiger charge is 2.09. The summed E-state index contributed by atoms with van der Waals surface area (Å²) in [6.07, 6.45) is 3.09. The molecule has 3 nitrogen and oxygen atoms in total. The Morgan fingerprint density at radius 3 is 2.00 bits per heavy atom. The minimum Gasteiger partial charge on any atom is -0.494 e. The van der Waals surface area contributed by atoms with E-state index in [2.05, 4.69) is 31.0 Å². The van der Waals surface area contributed by atoms with Gasteiger partial charge in [-0.2, -0.15) is 0 Å². The van der Waals surface area contributed by atoms with Gasteiger partial charge in [-0.1, -0.05) is 44.5 Å². The van der Waals surface area contributed by atoms with Crippen molar-refractivity contribution in [3.63, 3.8) is 0 Å². The highest BCUT2D eigenvalue weighted by atomic mass is 16.5. The van der Waals surface area contributed by atoms with Crippen molar-refractivity contribution < 1.29 is 9.47 Å². The molecule has 0 bridgehead atoms.